The lowest BCUT2D eigenvalue weighted by atomic mass is 10.0. The van der Waals surface area contributed by atoms with E-state index in [2.05, 4.69) is 48.5 Å². The lowest BCUT2D eigenvalue weighted by Gasteiger charge is -2.10. The molecule has 0 aliphatic carbocycles. The first kappa shape index (κ1) is 19.2. The first-order valence-electron chi connectivity index (χ1n) is 10.1. The standard InChI is InChI=1S/C28H19ClN2/c29-25-17-15-23(16-18-25)27-19-26(30-28(31-27)24-9-5-2-6-10-24)22-13-11-21(12-14-22)20-7-3-1-4-8-20/h1-19H. The van der Waals surface area contributed by atoms with E-state index in [1.54, 1.807) is 0 Å². The summed E-state index contributed by atoms with van der Waals surface area (Å²) in [5.74, 6) is 0.704. The molecular formula is C28H19ClN2. The van der Waals surface area contributed by atoms with E-state index < -0.39 is 0 Å². The van der Waals surface area contributed by atoms with E-state index in [4.69, 9.17) is 21.6 Å². The maximum absolute atomic E-state index is 6.09. The summed E-state index contributed by atoms with van der Waals surface area (Å²) in [6.07, 6.45) is 0. The fourth-order valence-corrected chi connectivity index (χ4v) is 3.67. The zero-order chi connectivity index (χ0) is 21.0. The zero-order valence-electron chi connectivity index (χ0n) is 16.7. The van der Waals surface area contributed by atoms with Gasteiger partial charge in [0, 0.05) is 21.7 Å². The van der Waals surface area contributed by atoms with Crippen LogP contribution in [0.5, 0.6) is 0 Å². The van der Waals surface area contributed by atoms with E-state index in [0.717, 1.165) is 28.1 Å². The largest absolute Gasteiger partial charge is 0.228 e. The van der Waals surface area contributed by atoms with Gasteiger partial charge in [-0.1, -0.05) is 109 Å². The van der Waals surface area contributed by atoms with E-state index in [0.29, 0.717) is 10.8 Å². The highest BCUT2D eigenvalue weighted by atomic mass is 35.5. The van der Waals surface area contributed by atoms with Crippen LogP contribution in [0.1, 0.15) is 0 Å². The molecule has 0 N–H and O–H groups in total. The molecular weight excluding hydrogens is 400 g/mol. The van der Waals surface area contributed by atoms with Gasteiger partial charge in [0.1, 0.15) is 0 Å². The van der Waals surface area contributed by atoms with E-state index in [9.17, 15) is 0 Å². The van der Waals surface area contributed by atoms with Crippen molar-refractivity contribution in [2.24, 2.45) is 0 Å². The molecule has 0 saturated heterocycles. The average molecular weight is 419 g/mol. The molecule has 148 valence electrons. The minimum absolute atomic E-state index is 0.704. The summed E-state index contributed by atoms with van der Waals surface area (Å²) in [4.78, 5) is 9.72. The predicted molar refractivity (Wildman–Crippen MR) is 129 cm³/mol. The minimum atomic E-state index is 0.704. The Balaban J connectivity index is 1.60. The van der Waals surface area contributed by atoms with Crippen LogP contribution < -0.4 is 0 Å². The SMILES string of the molecule is Clc1ccc(-c2cc(-c3ccc(-c4ccccc4)cc3)nc(-c3ccccc3)n2)cc1. The third-order valence-corrected chi connectivity index (χ3v) is 5.44. The van der Waals surface area contributed by atoms with Gasteiger partial charge in [-0.15, -0.1) is 0 Å². The topological polar surface area (TPSA) is 25.8 Å². The fourth-order valence-electron chi connectivity index (χ4n) is 3.54. The molecule has 0 aliphatic heterocycles. The van der Waals surface area contributed by atoms with Crippen LogP contribution in [0.3, 0.4) is 0 Å². The molecule has 0 bridgehead atoms. The Hall–Kier alpha value is -3.75. The molecule has 0 unspecified atom stereocenters. The van der Waals surface area contributed by atoms with Crippen molar-refractivity contribution in [3.05, 3.63) is 120 Å². The molecule has 3 heteroatoms. The molecule has 0 atom stereocenters. The predicted octanol–water partition coefficient (Wildman–Crippen LogP) is 7.80. The van der Waals surface area contributed by atoms with Crippen molar-refractivity contribution in [1.82, 2.24) is 9.97 Å². The Bertz CT molecular complexity index is 1300. The van der Waals surface area contributed by atoms with E-state index in [1.165, 1.54) is 11.1 Å². The highest BCUT2D eigenvalue weighted by molar-refractivity contribution is 6.30. The Kier molecular flexibility index (Phi) is 5.30. The first-order valence-corrected chi connectivity index (χ1v) is 10.5. The van der Waals surface area contributed by atoms with E-state index in [1.807, 2.05) is 66.7 Å². The van der Waals surface area contributed by atoms with Gasteiger partial charge in [0.15, 0.2) is 5.82 Å². The maximum Gasteiger partial charge on any atom is 0.160 e. The summed E-state index contributed by atoms with van der Waals surface area (Å²) in [7, 11) is 0. The van der Waals surface area contributed by atoms with Gasteiger partial charge in [-0.3, -0.25) is 0 Å². The number of hydrogen-bond acceptors (Lipinski definition) is 2. The van der Waals surface area contributed by atoms with Gasteiger partial charge in [-0.25, -0.2) is 9.97 Å². The highest BCUT2D eigenvalue weighted by Crippen LogP contribution is 2.29. The molecule has 31 heavy (non-hydrogen) atoms. The molecule has 5 aromatic rings. The second kappa shape index (κ2) is 8.55. The smallest absolute Gasteiger partial charge is 0.160 e. The first-order chi connectivity index (χ1) is 15.3. The van der Waals surface area contributed by atoms with Crippen molar-refractivity contribution >= 4 is 11.6 Å². The summed E-state index contributed by atoms with van der Waals surface area (Å²) in [6, 6.07) is 38.7. The second-order valence-corrected chi connectivity index (χ2v) is 7.71. The number of hydrogen-bond donors (Lipinski definition) is 0. The van der Waals surface area contributed by atoms with E-state index in [-0.39, 0.29) is 0 Å². The summed E-state index contributed by atoms with van der Waals surface area (Å²) in [6.45, 7) is 0. The van der Waals surface area contributed by atoms with Crippen molar-refractivity contribution in [1.29, 1.82) is 0 Å². The van der Waals surface area contributed by atoms with Crippen LogP contribution in [0.2, 0.25) is 5.02 Å². The minimum Gasteiger partial charge on any atom is -0.228 e. The molecule has 1 aromatic heterocycles. The molecule has 0 spiro atoms. The summed E-state index contributed by atoms with van der Waals surface area (Å²) < 4.78 is 0. The highest BCUT2D eigenvalue weighted by Gasteiger charge is 2.11. The third kappa shape index (κ3) is 4.25. The third-order valence-electron chi connectivity index (χ3n) is 5.19. The van der Waals surface area contributed by atoms with Crippen LogP contribution in [0.4, 0.5) is 0 Å². The summed E-state index contributed by atoms with van der Waals surface area (Å²) in [5.41, 5.74) is 7.18. The number of benzene rings is 4. The van der Waals surface area contributed by atoms with Crippen molar-refractivity contribution < 1.29 is 0 Å². The average Bonchev–Trinajstić information content (AvgIpc) is 2.85. The summed E-state index contributed by atoms with van der Waals surface area (Å²) >= 11 is 6.09. The second-order valence-electron chi connectivity index (χ2n) is 7.28. The number of halogens is 1. The quantitative estimate of drug-likeness (QED) is 0.297. The molecule has 4 aromatic carbocycles. The monoisotopic (exact) mass is 418 g/mol. The zero-order valence-corrected chi connectivity index (χ0v) is 17.5. The van der Waals surface area contributed by atoms with Crippen LogP contribution in [0.25, 0.3) is 45.0 Å². The molecule has 0 radical (unpaired) electrons. The number of rotatable bonds is 4. The van der Waals surface area contributed by atoms with Crippen molar-refractivity contribution in [2.75, 3.05) is 0 Å². The van der Waals surface area contributed by atoms with Crippen molar-refractivity contribution in [3.8, 4) is 45.0 Å². The van der Waals surface area contributed by atoms with Crippen LogP contribution in [-0.4, -0.2) is 9.97 Å². The Morgan fingerprint density at radius 2 is 0.839 bits per heavy atom. The summed E-state index contributed by atoms with van der Waals surface area (Å²) in [5, 5.41) is 0.706. The Labute approximate surface area is 186 Å². The van der Waals surface area contributed by atoms with Crippen LogP contribution in [0, 0.1) is 0 Å². The van der Waals surface area contributed by atoms with Crippen LogP contribution in [0.15, 0.2) is 115 Å². The van der Waals surface area contributed by atoms with E-state index >= 15 is 0 Å². The van der Waals surface area contributed by atoms with Gasteiger partial charge in [0.2, 0.25) is 0 Å². The lowest BCUT2D eigenvalue weighted by molar-refractivity contribution is 1.18. The van der Waals surface area contributed by atoms with Crippen molar-refractivity contribution in [3.63, 3.8) is 0 Å². The maximum atomic E-state index is 6.09. The number of aromatic nitrogens is 2. The molecule has 2 nitrogen and oxygen atoms in total. The molecule has 0 saturated carbocycles. The molecule has 0 aliphatic rings. The van der Waals surface area contributed by atoms with Gasteiger partial charge in [0.25, 0.3) is 0 Å². The Morgan fingerprint density at radius 1 is 0.419 bits per heavy atom. The normalized spacial score (nSPS) is 10.7. The van der Waals surface area contributed by atoms with Crippen molar-refractivity contribution in [2.45, 2.75) is 0 Å². The molecule has 0 amide bonds. The lowest BCUT2D eigenvalue weighted by Crippen LogP contribution is -1.95. The van der Waals surface area contributed by atoms with Crippen LogP contribution >= 0.6 is 11.6 Å². The van der Waals surface area contributed by atoms with Gasteiger partial charge in [-0.05, 0) is 29.3 Å². The molecule has 1 heterocycles. The fraction of sp³-hybridized carbons (Fsp3) is 0. The Morgan fingerprint density at radius 3 is 1.39 bits per heavy atom. The van der Waals surface area contributed by atoms with Crippen LogP contribution in [-0.2, 0) is 0 Å². The van der Waals surface area contributed by atoms with Gasteiger partial charge < -0.3 is 0 Å². The van der Waals surface area contributed by atoms with Gasteiger partial charge in [-0.2, -0.15) is 0 Å². The van der Waals surface area contributed by atoms with Gasteiger partial charge >= 0.3 is 0 Å². The number of nitrogens with zero attached hydrogens (tertiary/aromatic N) is 2. The molecule has 5 rings (SSSR count). The van der Waals surface area contributed by atoms with Gasteiger partial charge in [0.05, 0.1) is 11.4 Å². The molecule has 0 fully saturated rings.